The molecule has 0 aliphatic heterocycles. The van der Waals surface area contributed by atoms with Gasteiger partial charge in [0.2, 0.25) is 0 Å². The Labute approximate surface area is 122 Å². The molecule has 0 amide bonds. The quantitative estimate of drug-likeness (QED) is 0.558. The van der Waals surface area contributed by atoms with Crippen molar-refractivity contribution < 1.29 is 4.39 Å². The Balaban J connectivity index is 0.00000147. The summed E-state index contributed by atoms with van der Waals surface area (Å²) in [7, 11) is 0. The van der Waals surface area contributed by atoms with E-state index in [9.17, 15) is 4.39 Å². The van der Waals surface area contributed by atoms with Gasteiger partial charge in [-0.05, 0) is 29.8 Å². The number of aromatic nitrogens is 1. The van der Waals surface area contributed by atoms with E-state index >= 15 is 0 Å². The summed E-state index contributed by atoms with van der Waals surface area (Å²) in [4.78, 5) is 4.41. The van der Waals surface area contributed by atoms with E-state index in [0.29, 0.717) is 11.3 Å². The molecular formula is C15H13ClFN3. The van der Waals surface area contributed by atoms with Gasteiger partial charge in [-0.15, -0.1) is 12.4 Å². The van der Waals surface area contributed by atoms with Crippen molar-refractivity contribution in [3.05, 3.63) is 60.4 Å². The number of pyridine rings is 1. The molecule has 0 fully saturated rings. The summed E-state index contributed by atoms with van der Waals surface area (Å²) < 4.78 is 13.3. The fraction of sp³-hybridized carbons (Fsp3) is 0. The number of hydrogen-bond donors (Lipinski definition) is 2. The molecule has 3 aromatic rings. The topological polar surface area (TPSA) is 50.9 Å². The maximum atomic E-state index is 13.3. The summed E-state index contributed by atoms with van der Waals surface area (Å²) in [6.45, 7) is 0. The van der Waals surface area contributed by atoms with Gasteiger partial charge in [-0.1, -0.05) is 30.3 Å². The minimum Gasteiger partial charge on any atom is -0.308 e. The Morgan fingerprint density at radius 2 is 1.75 bits per heavy atom. The molecule has 0 spiro atoms. The van der Waals surface area contributed by atoms with Crippen molar-refractivity contribution in [3.63, 3.8) is 0 Å². The lowest BCUT2D eigenvalue weighted by Crippen LogP contribution is -2.10. The van der Waals surface area contributed by atoms with Crippen molar-refractivity contribution >= 4 is 29.1 Å². The molecule has 0 aliphatic rings. The van der Waals surface area contributed by atoms with Crippen LogP contribution in [0.1, 0.15) is 0 Å². The number of hydrazine groups is 1. The first-order valence-electron chi connectivity index (χ1n) is 5.90. The fourth-order valence-corrected chi connectivity index (χ4v) is 2.10. The van der Waals surface area contributed by atoms with Crippen LogP contribution in [0, 0.1) is 5.82 Å². The van der Waals surface area contributed by atoms with Gasteiger partial charge in [0.05, 0.1) is 5.52 Å². The van der Waals surface area contributed by atoms with E-state index in [1.807, 2.05) is 36.4 Å². The van der Waals surface area contributed by atoms with E-state index in [4.69, 9.17) is 5.84 Å². The van der Waals surface area contributed by atoms with Gasteiger partial charge in [-0.2, -0.15) is 0 Å². The molecule has 0 aliphatic carbocycles. The highest BCUT2D eigenvalue weighted by molar-refractivity contribution is 5.89. The average Bonchev–Trinajstić information content (AvgIpc) is 2.46. The molecule has 102 valence electrons. The van der Waals surface area contributed by atoms with Crippen LogP contribution in [0.4, 0.5) is 10.2 Å². The summed E-state index contributed by atoms with van der Waals surface area (Å²) in [5, 5.41) is 0.748. The zero-order valence-corrected chi connectivity index (χ0v) is 11.3. The van der Waals surface area contributed by atoms with Crippen LogP contribution < -0.4 is 11.3 Å². The molecule has 5 heteroatoms. The zero-order chi connectivity index (χ0) is 13.2. The van der Waals surface area contributed by atoms with Crippen LogP contribution in [0.3, 0.4) is 0 Å². The molecule has 1 aromatic heterocycles. The van der Waals surface area contributed by atoms with Crippen LogP contribution in [-0.4, -0.2) is 4.98 Å². The van der Waals surface area contributed by atoms with Crippen LogP contribution >= 0.6 is 12.4 Å². The Morgan fingerprint density at radius 1 is 1.00 bits per heavy atom. The minimum absolute atomic E-state index is 0. The first kappa shape index (κ1) is 14.2. The van der Waals surface area contributed by atoms with E-state index in [1.54, 1.807) is 6.07 Å². The van der Waals surface area contributed by atoms with Gasteiger partial charge >= 0.3 is 0 Å². The van der Waals surface area contributed by atoms with Gasteiger partial charge in [0.1, 0.15) is 11.6 Å². The number of nitrogens with zero attached hydrogens (tertiary/aromatic N) is 1. The van der Waals surface area contributed by atoms with E-state index < -0.39 is 0 Å². The second-order valence-electron chi connectivity index (χ2n) is 4.23. The number of nitrogen functional groups attached to an aromatic ring is 1. The molecule has 3 nitrogen and oxygen atoms in total. The van der Waals surface area contributed by atoms with Gasteiger partial charge in [-0.3, -0.25) is 0 Å². The van der Waals surface area contributed by atoms with E-state index in [2.05, 4.69) is 10.4 Å². The molecule has 0 saturated heterocycles. The van der Waals surface area contributed by atoms with Crippen molar-refractivity contribution in [3.8, 4) is 11.1 Å². The van der Waals surface area contributed by atoms with Crippen LogP contribution in [0.2, 0.25) is 0 Å². The number of benzene rings is 2. The maximum absolute atomic E-state index is 13.3. The Kier molecular flexibility index (Phi) is 4.17. The second kappa shape index (κ2) is 5.86. The van der Waals surface area contributed by atoms with E-state index in [0.717, 1.165) is 16.5 Å². The summed E-state index contributed by atoms with van der Waals surface area (Å²) in [6.07, 6.45) is 0. The Hall–Kier alpha value is -2.17. The summed E-state index contributed by atoms with van der Waals surface area (Å²) in [5.41, 5.74) is 5.13. The normalized spacial score (nSPS) is 10.1. The molecule has 0 bridgehead atoms. The smallest absolute Gasteiger partial charge is 0.148 e. The molecule has 0 saturated carbocycles. The number of halogens is 2. The first-order valence-corrected chi connectivity index (χ1v) is 5.90. The van der Waals surface area contributed by atoms with Crippen LogP contribution in [0.5, 0.6) is 0 Å². The third kappa shape index (κ3) is 2.57. The highest BCUT2D eigenvalue weighted by Crippen LogP contribution is 2.29. The van der Waals surface area contributed by atoms with Gasteiger partial charge in [0.15, 0.2) is 0 Å². The summed E-state index contributed by atoms with van der Waals surface area (Å²) in [5.74, 6) is 5.82. The molecule has 3 rings (SSSR count). The second-order valence-corrected chi connectivity index (χ2v) is 4.23. The lowest BCUT2D eigenvalue weighted by molar-refractivity contribution is 0.629. The number of nitrogens with two attached hydrogens (primary N) is 1. The first-order chi connectivity index (χ1) is 9.28. The van der Waals surface area contributed by atoms with Crippen LogP contribution in [-0.2, 0) is 0 Å². The Bertz CT molecular complexity index is 732. The summed E-state index contributed by atoms with van der Waals surface area (Å²) in [6, 6.07) is 16.1. The van der Waals surface area contributed by atoms with E-state index in [1.165, 1.54) is 12.1 Å². The van der Waals surface area contributed by atoms with Gasteiger partial charge in [0.25, 0.3) is 0 Å². The highest BCUT2D eigenvalue weighted by Gasteiger charge is 2.08. The molecule has 1 heterocycles. The molecule has 0 radical (unpaired) electrons. The van der Waals surface area contributed by atoms with Gasteiger partial charge < -0.3 is 5.43 Å². The fourth-order valence-electron chi connectivity index (χ4n) is 2.10. The standard InChI is InChI=1S/C15H12FN3.ClH/c16-12-6-7-14-11(8-12)9-13(15(18-14)19-17)10-4-2-1-3-5-10;/h1-9H,17H2,(H,18,19);1H. The number of hydrogen-bond acceptors (Lipinski definition) is 3. The third-order valence-electron chi connectivity index (χ3n) is 3.00. The number of anilines is 1. The number of fused-ring (bicyclic) bond motifs is 1. The molecule has 0 atom stereocenters. The van der Waals surface area contributed by atoms with Crippen molar-refractivity contribution in [1.29, 1.82) is 0 Å². The lowest BCUT2D eigenvalue weighted by atomic mass is 10.0. The van der Waals surface area contributed by atoms with Crippen molar-refractivity contribution in [2.24, 2.45) is 5.84 Å². The average molecular weight is 290 g/mol. The van der Waals surface area contributed by atoms with Gasteiger partial charge in [-0.25, -0.2) is 15.2 Å². The van der Waals surface area contributed by atoms with Crippen molar-refractivity contribution in [2.75, 3.05) is 5.43 Å². The van der Waals surface area contributed by atoms with Crippen LogP contribution in [0.25, 0.3) is 22.0 Å². The monoisotopic (exact) mass is 289 g/mol. The Morgan fingerprint density at radius 3 is 2.45 bits per heavy atom. The molecule has 0 unspecified atom stereocenters. The molecule has 3 N–H and O–H groups in total. The molecule has 2 aromatic carbocycles. The maximum Gasteiger partial charge on any atom is 0.148 e. The highest BCUT2D eigenvalue weighted by atomic mass is 35.5. The summed E-state index contributed by atoms with van der Waals surface area (Å²) >= 11 is 0. The molecular weight excluding hydrogens is 277 g/mol. The predicted molar refractivity (Wildman–Crippen MR) is 82.2 cm³/mol. The van der Waals surface area contributed by atoms with Crippen molar-refractivity contribution in [2.45, 2.75) is 0 Å². The van der Waals surface area contributed by atoms with E-state index in [-0.39, 0.29) is 18.2 Å². The third-order valence-corrected chi connectivity index (χ3v) is 3.00. The number of rotatable bonds is 2. The predicted octanol–water partition coefficient (Wildman–Crippen LogP) is 3.75. The van der Waals surface area contributed by atoms with Crippen LogP contribution in [0.15, 0.2) is 54.6 Å². The largest absolute Gasteiger partial charge is 0.308 e. The minimum atomic E-state index is -0.276. The molecule has 20 heavy (non-hydrogen) atoms. The van der Waals surface area contributed by atoms with Crippen molar-refractivity contribution in [1.82, 2.24) is 4.98 Å². The number of nitrogens with one attached hydrogen (secondary N) is 1. The van der Waals surface area contributed by atoms with Gasteiger partial charge in [0, 0.05) is 10.9 Å². The lowest BCUT2D eigenvalue weighted by Gasteiger charge is -2.10. The zero-order valence-electron chi connectivity index (χ0n) is 10.5. The SMILES string of the molecule is Cl.NNc1nc2ccc(F)cc2cc1-c1ccccc1.